The van der Waals surface area contributed by atoms with Crippen molar-refractivity contribution < 1.29 is 9.66 Å². The molecule has 2 aromatic rings. The minimum atomic E-state index is -0.296. The first-order chi connectivity index (χ1) is 12.1. The van der Waals surface area contributed by atoms with Gasteiger partial charge in [-0.2, -0.15) is 0 Å². The molecule has 1 N–H and O–H groups in total. The highest BCUT2D eigenvalue weighted by Gasteiger charge is 2.42. The van der Waals surface area contributed by atoms with Gasteiger partial charge in [0.2, 0.25) is 0 Å². The lowest BCUT2D eigenvalue weighted by Crippen LogP contribution is -2.30. The Balaban J connectivity index is 1.87. The molecule has 0 radical (unpaired) electrons. The lowest BCUT2D eigenvalue weighted by atomic mass is 9.76. The van der Waals surface area contributed by atoms with Gasteiger partial charge in [-0.1, -0.05) is 42.0 Å². The Morgan fingerprint density at radius 2 is 1.96 bits per heavy atom. The number of nitrogens with zero attached hydrogens (tertiary/aromatic N) is 1. The first kappa shape index (κ1) is 15.7. The molecule has 0 aromatic heterocycles. The predicted molar refractivity (Wildman–Crippen MR) is 97.2 cm³/mol. The van der Waals surface area contributed by atoms with Gasteiger partial charge < -0.3 is 10.1 Å². The van der Waals surface area contributed by atoms with Crippen LogP contribution in [0.25, 0.3) is 0 Å². The summed E-state index contributed by atoms with van der Waals surface area (Å²) in [5, 5.41) is 15.1. The molecule has 0 fully saturated rings. The number of benzene rings is 2. The van der Waals surface area contributed by atoms with Crippen LogP contribution in [0.15, 0.2) is 48.6 Å². The molecule has 1 heterocycles. The van der Waals surface area contributed by atoms with Crippen LogP contribution in [0.1, 0.15) is 35.1 Å². The highest BCUT2D eigenvalue weighted by molar-refractivity contribution is 5.73. The summed E-state index contributed by atoms with van der Waals surface area (Å²) in [5.41, 5.74) is 4.06. The largest absolute Gasteiger partial charge is 0.495 e. The van der Waals surface area contributed by atoms with Crippen LogP contribution in [0.3, 0.4) is 0 Å². The normalized spacial score (nSPS) is 23.5. The van der Waals surface area contributed by atoms with E-state index in [4.69, 9.17) is 4.74 Å². The third-order valence-electron chi connectivity index (χ3n) is 5.31. The molecule has 25 heavy (non-hydrogen) atoms. The molecule has 0 saturated carbocycles. The Kier molecular flexibility index (Phi) is 3.71. The van der Waals surface area contributed by atoms with Crippen LogP contribution < -0.4 is 10.1 Å². The van der Waals surface area contributed by atoms with Gasteiger partial charge in [0.1, 0.15) is 5.75 Å². The standard InChI is InChI=1S/C20H20N2O3/c1-12-6-8-13(9-7-12)19-15-5-3-4-14(15)18-16(22(23)24)10-11-17(25-2)20(18)21-19/h3-4,6-11,14-15,19,21H,5H2,1-2H3/t14-,15+,19-/m1/s1. The van der Waals surface area contributed by atoms with E-state index >= 15 is 0 Å². The lowest BCUT2D eigenvalue weighted by molar-refractivity contribution is -0.385. The summed E-state index contributed by atoms with van der Waals surface area (Å²) in [6, 6.07) is 11.8. The average Bonchev–Trinajstić information content (AvgIpc) is 3.10. The smallest absolute Gasteiger partial charge is 0.275 e. The van der Waals surface area contributed by atoms with Crippen molar-refractivity contribution in [3.05, 3.63) is 75.4 Å². The topological polar surface area (TPSA) is 64.4 Å². The Morgan fingerprint density at radius 1 is 1.20 bits per heavy atom. The SMILES string of the molecule is COc1ccc([N+](=O)[O-])c2c1N[C@H](c1ccc(C)cc1)[C@H]1CC=C[C@@H]21. The number of ether oxygens (including phenoxy) is 1. The van der Waals surface area contributed by atoms with E-state index in [9.17, 15) is 10.1 Å². The number of aryl methyl sites for hydroxylation is 1. The summed E-state index contributed by atoms with van der Waals surface area (Å²) in [4.78, 5) is 11.3. The maximum atomic E-state index is 11.6. The van der Waals surface area contributed by atoms with Crippen LogP contribution in [0.2, 0.25) is 0 Å². The first-order valence-corrected chi connectivity index (χ1v) is 8.45. The van der Waals surface area contributed by atoms with Crippen molar-refractivity contribution in [1.82, 2.24) is 0 Å². The van der Waals surface area contributed by atoms with Crippen molar-refractivity contribution in [3.8, 4) is 5.75 Å². The monoisotopic (exact) mass is 336 g/mol. The van der Waals surface area contributed by atoms with Gasteiger partial charge in [0, 0.05) is 12.0 Å². The molecular formula is C20H20N2O3. The Hall–Kier alpha value is -2.82. The fraction of sp³-hybridized carbons (Fsp3) is 0.300. The van der Waals surface area contributed by atoms with E-state index in [1.807, 2.05) is 0 Å². The zero-order valence-corrected chi connectivity index (χ0v) is 14.2. The number of hydrogen-bond acceptors (Lipinski definition) is 4. The van der Waals surface area contributed by atoms with E-state index in [1.165, 1.54) is 11.1 Å². The van der Waals surface area contributed by atoms with Gasteiger partial charge in [-0.25, -0.2) is 0 Å². The molecular weight excluding hydrogens is 316 g/mol. The molecule has 128 valence electrons. The van der Waals surface area contributed by atoms with Crippen molar-refractivity contribution in [2.24, 2.45) is 5.92 Å². The van der Waals surface area contributed by atoms with Crippen LogP contribution in [0.5, 0.6) is 5.75 Å². The third-order valence-corrected chi connectivity index (χ3v) is 5.31. The average molecular weight is 336 g/mol. The third kappa shape index (κ3) is 2.47. The number of rotatable bonds is 3. The summed E-state index contributed by atoms with van der Waals surface area (Å²) in [5.74, 6) is 0.940. The number of nitrogens with one attached hydrogen (secondary N) is 1. The van der Waals surface area contributed by atoms with Crippen molar-refractivity contribution >= 4 is 11.4 Å². The molecule has 4 rings (SSSR count). The lowest BCUT2D eigenvalue weighted by Gasteiger charge is -2.37. The second-order valence-corrected chi connectivity index (χ2v) is 6.72. The number of methoxy groups -OCH3 is 1. The van der Waals surface area contributed by atoms with Crippen LogP contribution in [0, 0.1) is 23.0 Å². The number of anilines is 1. The molecule has 0 bridgehead atoms. The number of nitro benzene ring substituents is 1. The van der Waals surface area contributed by atoms with Crippen LogP contribution in [0.4, 0.5) is 11.4 Å². The molecule has 5 heteroatoms. The maximum Gasteiger partial charge on any atom is 0.275 e. The summed E-state index contributed by atoms with van der Waals surface area (Å²) >= 11 is 0. The van der Waals surface area contributed by atoms with Crippen LogP contribution >= 0.6 is 0 Å². The van der Waals surface area contributed by atoms with E-state index in [2.05, 4.69) is 48.7 Å². The van der Waals surface area contributed by atoms with E-state index in [1.54, 1.807) is 19.2 Å². The summed E-state index contributed by atoms with van der Waals surface area (Å²) < 4.78 is 5.49. The second-order valence-electron chi connectivity index (χ2n) is 6.72. The van der Waals surface area contributed by atoms with Crippen molar-refractivity contribution in [1.29, 1.82) is 0 Å². The summed E-state index contributed by atoms with van der Waals surface area (Å²) in [7, 11) is 1.60. The number of hydrogen-bond donors (Lipinski definition) is 1. The van der Waals surface area contributed by atoms with Gasteiger partial charge in [0.25, 0.3) is 5.69 Å². The molecule has 5 nitrogen and oxygen atoms in total. The Labute approximate surface area is 146 Å². The molecule has 3 atom stereocenters. The molecule has 2 aromatic carbocycles. The van der Waals surface area contributed by atoms with E-state index in [0.29, 0.717) is 5.75 Å². The first-order valence-electron chi connectivity index (χ1n) is 8.45. The molecule has 0 saturated heterocycles. The number of fused-ring (bicyclic) bond motifs is 3. The van der Waals surface area contributed by atoms with Crippen LogP contribution in [-0.4, -0.2) is 12.0 Å². The molecule has 0 spiro atoms. The quantitative estimate of drug-likeness (QED) is 0.499. The fourth-order valence-electron chi connectivity index (χ4n) is 4.10. The van der Waals surface area contributed by atoms with Crippen molar-refractivity contribution in [3.63, 3.8) is 0 Å². The van der Waals surface area contributed by atoms with Gasteiger partial charge in [-0.15, -0.1) is 0 Å². The zero-order chi connectivity index (χ0) is 17.6. The molecule has 0 amide bonds. The minimum absolute atomic E-state index is 0.0260. The van der Waals surface area contributed by atoms with Gasteiger partial charge in [0.15, 0.2) is 0 Å². The van der Waals surface area contributed by atoms with E-state index in [-0.39, 0.29) is 28.5 Å². The van der Waals surface area contributed by atoms with E-state index < -0.39 is 0 Å². The van der Waals surface area contributed by atoms with Gasteiger partial charge >= 0.3 is 0 Å². The van der Waals surface area contributed by atoms with E-state index in [0.717, 1.165) is 17.7 Å². The van der Waals surface area contributed by atoms with Crippen LogP contribution in [-0.2, 0) is 0 Å². The maximum absolute atomic E-state index is 11.6. The molecule has 2 aliphatic rings. The van der Waals surface area contributed by atoms with Crippen molar-refractivity contribution in [2.45, 2.75) is 25.3 Å². The summed E-state index contributed by atoms with van der Waals surface area (Å²) in [6.45, 7) is 2.07. The minimum Gasteiger partial charge on any atom is -0.495 e. The number of allylic oxidation sites excluding steroid dienone is 2. The molecule has 1 aliphatic heterocycles. The Morgan fingerprint density at radius 3 is 2.64 bits per heavy atom. The fourth-order valence-corrected chi connectivity index (χ4v) is 4.10. The number of nitro groups is 1. The van der Waals surface area contributed by atoms with Gasteiger partial charge in [0.05, 0.1) is 29.3 Å². The molecule has 1 aliphatic carbocycles. The second kappa shape index (κ2) is 5.92. The predicted octanol–water partition coefficient (Wildman–Crippen LogP) is 4.74. The summed E-state index contributed by atoms with van der Waals surface area (Å²) in [6.07, 6.45) is 5.15. The van der Waals surface area contributed by atoms with Gasteiger partial charge in [-0.3, -0.25) is 10.1 Å². The highest BCUT2D eigenvalue weighted by atomic mass is 16.6. The molecule has 0 unspecified atom stereocenters. The zero-order valence-electron chi connectivity index (χ0n) is 14.2. The van der Waals surface area contributed by atoms with Crippen molar-refractivity contribution in [2.75, 3.05) is 12.4 Å². The van der Waals surface area contributed by atoms with Gasteiger partial charge in [-0.05, 0) is 30.9 Å². The Bertz CT molecular complexity index is 858. The highest BCUT2D eigenvalue weighted by Crippen LogP contribution is 2.54.